The van der Waals surface area contributed by atoms with Gasteiger partial charge in [-0.1, -0.05) is 29.8 Å². The van der Waals surface area contributed by atoms with Crippen LogP contribution in [0, 0.1) is 6.92 Å². The van der Waals surface area contributed by atoms with Crippen LogP contribution >= 0.6 is 0 Å². The van der Waals surface area contributed by atoms with Crippen LogP contribution in [0.4, 0.5) is 4.79 Å². The third-order valence-corrected chi connectivity index (χ3v) is 3.44. The van der Waals surface area contributed by atoms with E-state index in [1.54, 1.807) is 0 Å². The lowest BCUT2D eigenvalue weighted by Gasteiger charge is -2.27. The molecule has 2 amide bonds. The largest absolute Gasteiger partial charge is 0.338 e. The van der Waals surface area contributed by atoms with Crippen molar-refractivity contribution < 1.29 is 4.79 Å². The van der Waals surface area contributed by atoms with Gasteiger partial charge >= 0.3 is 6.03 Å². The summed E-state index contributed by atoms with van der Waals surface area (Å²) in [4.78, 5) is 13.7. The molecule has 0 unspecified atom stereocenters. The van der Waals surface area contributed by atoms with Gasteiger partial charge in [-0.2, -0.15) is 0 Å². The van der Waals surface area contributed by atoms with E-state index in [1.165, 1.54) is 11.1 Å². The summed E-state index contributed by atoms with van der Waals surface area (Å²) in [5, 5.41) is 6.23. The number of benzene rings is 1. The van der Waals surface area contributed by atoms with Crippen LogP contribution in [0.1, 0.15) is 17.5 Å². The molecule has 1 aromatic rings. The normalized spacial score (nSPS) is 15.3. The second-order valence-electron chi connectivity index (χ2n) is 5.06. The van der Waals surface area contributed by atoms with Crippen molar-refractivity contribution in [3.05, 3.63) is 35.4 Å². The Labute approximate surface area is 115 Å². The lowest BCUT2D eigenvalue weighted by molar-refractivity contribution is 0.190. The van der Waals surface area contributed by atoms with Gasteiger partial charge in [0.15, 0.2) is 0 Å². The summed E-state index contributed by atoms with van der Waals surface area (Å²) >= 11 is 0. The molecule has 4 nitrogen and oxygen atoms in total. The van der Waals surface area contributed by atoms with Gasteiger partial charge in [0.2, 0.25) is 0 Å². The number of hydrogen-bond acceptors (Lipinski definition) is 2. The molecule has 1 fully saturated rings. The fraction of sp³-hybridized carbons (Fsp3) is 0.533. The molecule has 0 aliphatic carbocycles. The van der Waals surface area contributed by atoms with Crippen LogP contribution in [0.3, 0.4) is 0 Å². The summed E-state index contributed by atoms with van der Waals surface area (Å²) in [6.45, 7) is 6.26. The van der Waals surface area contributed by atoms with E-state index in [0.717, 1.165) is 45.6 Å². The van der Waals surface area contributed by atoms with Gasteiger partial charge in [0.25, 0.3) is 0 Å². The molecule has 2 N–H and O–H groups in total. The predicted molar refractivity (Wildman–Crippen MR) is 77.3 cm³/mol. The number of nitrogens with zero attached hydrogens (tertiary/aromatic N) is 1. The van der Waals surface area contributed by atoms with Crippen LogP contribution in [0.25, 0.3) is 0 Å². The number of urea groups is 1. The Morgan fingerprint density at radius 3 is 2.63 bits per heavy atom. The number of amides is 2. The van der Waals surface area contributed by atoms with Crippen LogP contribution in [0.5, 0.6) is 0 Å². The number of aryl methyl sites for hydroxylation is 2. The summed E-state index contributed by atoms with van der Waals surface area (Å²) < 4.78 is 0. The van der Waals surface area contributed by atoms with Crippen LogP contribution in [-0.4, -0.2) is 43.7 Å². The predicted octanol–water partition coefficient (Wildman–Crippen LogP) is 1.54. The first-order chi connectivity index (χ1) is 9.25. The second-order valence-corrected chi connectivity index (χ2v) is 5.06. The highest BCUT2D eigenvalue weighted by atomic mass is 16.2. The Kier molecular flexibility index (Phi) is 5.21. The minimum atomic E-state index is 0.0745. The van der Waals surface area contributed by atoms with Crippen molar-refractivity contribution >= 4 is 6.03 Å². The molecule has 104 valence electrons. The fourth-order valence-electron chi connectivity index (χ4n) is 2.22. The number of carbonyl (C=O) groups is 1. The average molecular weight is 261 g/mol. The zero-order chi connectivity index (χ0) is 13.5. The molecule has 0 bridgehead atoms. The maximum Gasteiger partial charge on any atom is 0.317 e. The van der Waals surface area contributed by atoms with Gasteiger partial charge in [0.1, 0.15) is 0 Å². The molecular weight excluding hydrogens is 238 g/mol. The highest BCUT2D eigenvalue weighted by Gasteiger charge is 2.14. The summed E-state index contributed by atoms with van der Waals surface area (Å²) in [7, 11) is 0. The summed E-state index contributed by atoms with van der Waals surface area (Å²) in [6, 6.07) is 8.66. The number of rotatable bonds is 4. The molecule has 1 saturated heterocycles. The smallest absolute Gasteiger partial charge is 0.317 e. The van der Waals surface area contributed by atoms with Gasteiger partial charge in [-0.15, -0.1) is 0 Å². The van der Waals surface area contributed by atoms with E-state index in [2.05, 4.69) is 41.8 Å². The topological polar surface area (TPSA) is 44.4 Å². The average Bonchev–Trinajstić information content (AvgIpc) is 2.46. The molecule has 0 aromatic heterocycles. The molecule has 0 saturated carbocycles. The molecule has 1 aliphatic rings. The molecule has 1 aliphatic heterocycles. The first-order valence-electron chi connectivity index (χ1n) is 7.05. The van der Waals surface area contributed by atoms with Crippen molar-refractivity contribution in [2.75, 3.05) is 32.7 Å². The van der Waals surface area contributed by atoms with E-state index in [4.69, 9.17) is 0 Å². The molecule has 4 heteroatoms. The first kappa shape index (κ1) is 13.9. The monoisotopic (exact) mass is 261 g/mol. The van der Waals surface area contributed by atoms with E-state index in [9.17, 15) is 4.79 Å². The van der Waals surface area contributed by atoms with Crippen LogP contribution in [0.15, 0.2) is 24.3 Å². The van der Waals surface area contributed by atoms with Crippen molar-refractivity contribution in [2.24, 2.45) is 0 Å². The third-order valence-electron chi connectivity index (χ3n) is 3.44. The maximum atomic E-state index is 11.8. The Bertz CT molecular complexity index is 396. The van der Waals surface area contributed by atoms with Gasteiger partial charge in [-0.3, -0.25) is 0 Å². The first-order valence-corrected chi connectivity index (χ1v) is 7.05. The molecule has 19 heavy (non-hydrogen) atoms. The highest BCUT2D eigenvalue weighted by Crippen LogP contribution is 2.05. The van der Waals surface area contributed by atoms with Gasteiger partial charge in [0.05, 0.1) is 0 Å². The highest BCUT2D eigenvalue weighted by molar-refractivity contribution is 5.74. The van der Waals surface area contributed by atoms with Gasteiger partial charge in [-0.05, 0) is 25.3 Å². The van der Waals surface area contributed by atoms with Crippen molar-refractivity contribution in [3.63, 3.8) is 0 Å². The zero-order valence-electron chi connectivity index (χ0n) is 11.6. The minimum Gasteiger partial charge on any atom is -0.338 e. The molecule has 0 radical (unpaired) electrons. The molecule has 2 rings (SSSR count). The van der Waals surface area contributed by atoms with E-state index in [1.807, 2.05) is 4.90 Å². The number of piperazine rings is 1. The molecule has 1 heterocycles. The van der Waals surface area contributed by atoms with Crippen molar-refractivity contribution in [1.82, 2.24) is 15.5 Å². The molecule has 0 atom stereocenters. The number of nitrogens with one attached hydrogen (secondary N) is 2. The Morgan fingerprint density at radius 2 is 1.95 bits per heavy atom. The van der Waals surface area contributed by atoms with Crippen molar-refractivity contribution in [3.8, 4) is 0 Å². The second kappa shape index (κ2) is 7.14. The summed E-state index contributed by atoms with van der Waals surface area (Å²) in [5.41, 5.74) is 2.62. The van der Waals surface area contributed by atoms with E-state index in [0.29, 0.717) is 0 Å². The zero-order valence-corrected chi connectivity index (χ0v) is 11.6. The minimum absolute atomic E-state index is 0.0745. The van der Waals surface area contributed by atoms with Crippen LogP contribution < -0.4 is 10.6 Å². The van der Waals surface area contributed by atoms with E-state index < -0.39 is 0 Å². The maximum absolute atomic E-state index is 11.8. The SMILES string of the molecule is Cc1ccc(CCCNC(=O)N2CCNCC2)cc1. The lowest BCUT2D eigenvalue weighted by Crippen LogP contribution is -2.50. The Hall–Kier alpha value is -1.55. The molecule has 1 aromatic carbocycles. The molecule has 0 spiro atoms. The van der Waals surface area contributed by atoms with Gasteiger partial charge < -0.3 is 15.5 Å². The quantitative estimate of drug-likeness (QED) is 0.808. The van der Waals surface area contributed by atoms with Crippen molar-refractivity contribution in [2.45, 2.75) is 19.8 Å². The number of carbonyl (C=O) groups excluding carboxylic acids is 1. The standard InChI is InChI=1S/C15H23N3O/c1-13-4-6-14(7-5-13)3-2-8-17-15(19)18-11-9-16-10-12-18/h4-7,16H,2-3,8-12H2,1H3,(H,17,19). The molecular formula is C15H23N3O. The fourth-order valence-corrected chi connectivity index (χ4v) is 2.22. The van der Waals surface area contributed by atoms with Crippen LogP contribution in [-0.2, 0) is 6.42 Å². The van der Waals surface area contributed by atoms with Gasteiger partial charge in [0, 0.05) is 32.7 Å². The van der Waals surface area contributed by atoms with Crippen molar-refractivity contribution in [1.29, 1.82) is 0 Å². The van der Waals surface area contributed by atoms with E-state index >= 15 is 0 Å². The van der Waals surface area contributed by atoms with E-state index in [-0.39, 0.29) is 6.03 Å². The third kappa shape index (κ3) is 4.56. The Balaban J connectivity index is 1.63. The summed E-state index contributed by atoms with van der Waals surface area (Å²) in [5.74, 6) is 0. The summed E-state index contributed by atoms with van der Waals surface area (Å²) in [6.07, 6.45) is 2.00. The Morgan fingerprint density at radius 1 is 1.26 bits per heavy atom. The lowest BCUT2D eigenvalue weighted by atomic mass is 10.1. The number of hydrogen-bond donors (Lipinski definition) is 2. The van der Waals surface area contributed by atoms with Gasteiger partial charge in [-0.25, -0.2) is 4.79 Å². The van der Waals surface area contributed by atoms with Crippen LogP contribution in [0.2, 0.25) is 0 Å².